The maximum Gasteiger partial charge on any atom is 0.227 e. The molecule has 0 fully saturated rings. The molecule has 0 saturated carbocycles. The quantitative estimate of drug-likeness (QED) is 0.692. The number of anilines is 2. The molecule has 0 saturated heterocycles. The molecular formula is C18H21N3O2. The van der Waals surface area contributed by atoms with Gasteiger partial charge in [-0.05, 0) is 36.2 Å². The van der Waals surface area contributed by atoms with Gasteiger partial charge in [0, 0.05) is 12.1 Å². The second kappa shape index (κ2) is 6.20. The van der Waals surface area contributed by atoms with Gasteiger partial charge in [0.15, 0.2) is 11.1 Å². The van der Waals surface area contributed by atoms with Gasteiger partial charge in [-0.25, -0.2) is 4.98 Å². The molecule has 0 bridgehead atoms. The van der Waals surface area contributed by atoms with Gasteiger partial charge >= 0.3 is 0 Å². The van der Waals surface area contributed by atoms with Crippen molar-refractivity contribution < 1.29 is 9.15 Å². The van der Waals surface area contributed by atoms with E-state index in [4.69, 9.17) is 14.9 Å². The fraction of sp³-hybridized carbons (Fsp3) is 0.278. The zero-order chi connectivity index (χ0) is 16.4. The van der Waals surface area contributed by atoms with Crippen LogP contribution in [0.4, 0.5) is 11.4 Å². The number of fused-ring (bicyclic) bond motifs is 1. The van der Waals surface area contributed by atoms with Crippen LogP contribution >= 0.6 is 0 Å². The molecule has 5 heteroatoms. The van der Waals surface area contributed by atoms with E-state index < -0.39 is 0 Å². The number of para-hydroxylation sites is 1. The van der Waals surface area contributed by atoms with Crippen molar-refractivity contribution >= 4 is 22.5 Å². The second-order valence-electron chi connectivity index (χ2n) is 5.90. The molecule has 120 valence electrons. The third-order valence-electron chi connectivity index (χ3n) is 3.60. The maximum absolute atomic E-state index is 6.14. The van der Waals surface area contributed by atoms with Crippen LogP contribution in [0.25, 0.3) is 22.6 Å². The Labute approximate surface area is 135 Å². The Balaban J connectivity index is 1.94. The van der Waals surface area contributed by atoms with Crippen LogP contribution in [-0.4, -0.2) is 18.6 Å². The highest BCUT2D eigenvalue weighted by atomic mass is 16.5. The lowest BCUT2D eigenvalue weighted by atomic mass is 10.1. The van der Waals surface area contributed by atoms with E-state index in [-0.39, 0.29) is 0 Å². The van der Waals surface area contributed by atoms with Crippen LogP contribution in [0.1, 0.15) is 13.8 Å². The van der Waals surface area contributed by atoms with E-state index in [1.54, 1.807) is 7.11 Å². The minimum absolute atomic E-state index is 0.534. The first-order valence-corrected chi connectivity index (χ1v) is 7.66. The molecule has 3 aromatic rings. The van der Waals surface area contributed by atoms with Crippen LogP contribution in [0.5, 0.6) is 5.75 Å². The van der Waals surface area contributed by atoms with Crippen LogP contribution in [0, 0.1) is 5.92 Å². The molecule has 0 atom stereocenters. The van der Waals surface area contributed by atoms with Gasteiger partial charge in [0.1, 0.15) is 5.75 Å². The van der Waals surface area contributed by atoms with Crippen molar-refractivity contribution in [3.8, 4) is 17.2 Å². The molecule has 0 aliphatic carbocycles. The Bertz CT molecular complexity index is 824. The summed E-state index contributed by atoms with van der Waals surface area (Å²) in [7, 11) is 1.62. The number of nitrogens with one attached hydrogen (secondary N) is 1. The first-order chi connectivity index (χ1) is 11.1. The van der Waals surface area contributed by atoms with Crippen molar-refractivity contribution in [2.75, 3.05) is 24.7 Å². The normalized spacial score (nSPS) is 11.1. The molecule has 0 unspecified atom stereocenters. The second-order valence-corrected chi connectivity index (χ2v) is 5.90. The molecule has 0 aliphatic heterocycles. The molecule has 3 N–H and O–H groups in total. The zero-order valence-corrected chi connectivity index (χ0v) is 13.6. The number of nitrogen functional groups attached to an aromatic ring is 1. The summed E-state index contributed by atoms with van der Waals surface area (Å²) in [5.41, 5.74) is 9.99. The molecule has 1 aromatic heterocycles. The molecular weight excluding hydrogens is 290 g/mol. The number of benzene rings is 2. The van der Waals surface area contributed by atoms with Gasteiger partial charge < -0.3 is 20.2 Å². The van der Waals surface area contributed by atoms with Gasteiger partial charge in [0.2, 0.25) is 5.89 Å². The van der Waals surface area contributed by atoms with Crippen LogP contribution in [0.2, 0.25) is 0 Å². The lowest BCUT2D eigenvalue weighted by molar-refractivity contribution is 0.419. The fourth-order valence-corrected chi connectivity index (χ4v) is 2.38. The van der Waals surface area contributed by atoms with Gasteiger partial charge in [-0.3, -0.25) is 0 Å². The Morgan fingerprint density at radius 3 is 2.78 bits per heavy atom. The van der Waals surface area contributed by atoms with E-state index >= 15 is 0 Å². The zero-order valence-electron chi connectivity index (χ0n) is 13.6. The van der Waals surface area contributed by atoms with Crippen LogP contribution in [0.15, 0.2) is 40.8 Å². The summed E-state index contributed by atoms with van der Waals surface area (Å²) in [4.78, 5) is 4.53. The molecule has 0 radical (unpaired) electrons. The third kappa shape index (κ3) is 3.08. The predicted molar refractivity (Wildman–Crippen MR) is 93.7 cm³/mol. The monoisotopic (exact) mass is 311 g/mol. The van der Waals surface area contributed by atoms with Gasteiger partial charge in [-0.15, -0.1) is 0 Å². The number of methoxy groups -OCH3 is 1. The number of rotatable bonds is 5. The van der Waals surface area contributed by atoms with Crippen LogP contribution in [-0.2, 0) is 0 Å². The smallest absolute Gasteiger partial charge is 0.227 e. The summed E-state index contributed by atoms with van der Waals surface area (Å²) in [6.45, 7) is 5.19. The highest BCUT2D eigenvalue weighted by molar-refractivity contribution is 5.83. The minimum atomic E-state index is 0.534. The summed E-state index contributed by atoms with van der Waals surface area (Å²) in [5.74, 6) is 1.78. The van der Waals surface area contributed by atoms with Gasteiger partial charge in [-0.2, -0.15) is 0 Å². The molecule has 0 aliphatic rings. The summed E-state index contributed by atoms with van der Waals surface area (Å²) in [6, 6.07) is 11.4. The first-order valence-electron chi connectivity index (χ1n) is 7.66. The molecule has 3 rings (SSSR count). The summed E-state index contributed by atoms with van der Waals surface area (Å²) in [5, 5.41) is 3.34. The standard InChI is InChI=1S/C18H21N3O2/c1-11(2)10-20-14-8-7-12(9-13(14)19)18-21-17-15(22-3)5-4-6-16(17)23-18/h4-9,11,20H,10,19H2,1-3H3. The Hall–Kier alpha value is -2.69. The number of ether oxygens (including phenoxy) is 1. The van der Waals surface area contributed by atoms with Gasteiger partial charge in [0.05, 0.1) is 18.5 Å². The Kier molecular flexibility index (Phi) is 4.10. The van der Waals surface area contributed by atoms with E-state index in [2.05, 4.69) is 24.1 Å². The number of hydrogen-bond acceptors (Lipinski definition) is 5. The van der Waals surface area contributed by atoms with E-state index in [1.807, 2.05) is 36.4 Å². The van der Waals surface area contributed by atoms with E-state index in [1.165, 1.54) is 0 Å². The van der Waals surface area contributed by atoms with Gasteiger partial charge in [0.25, 0.3) is 0 Å². The van der Waals surface area contributed by atoms with E-state index in [0.717, 1.165) is 17.8 Å². The predicted octanol–water partition coefficient (Wildman–Crippen LogP) is 4.15. The van der Waals surface area contributed by atoms with Gasteiger partial charge in [-0.1, -0.05) is 19.9 Å². The SMILES string of the molecule is COc1cccc2oc(-c3ccc(NCC(C)C)c(N)c3)nc12. The number of nitrogens with two attached hydrogens (primary N) is 1. The molecule has 5 nitrogen and oxygen atoms in total. The molecule has 0 spiro atoms. The Morgan fingerprint density at radius 2 is 2.09 bits per heavy atom. The molecule has 2 aromatic carbocycles. The number of oxazole rings is 1. The van der Waals surface area contributed by atoms with Crippen LogP contribution < -0.4 is 15.8 Å². The molecule has 0 amide bonds. The largest absolute Gasteiger partial charge is 0.494 e. The number of hydrogen-bond donors (Lipinski definition) is 2. The van der Waals surface area contributed by atoms with Crippen LogP contribution in [0.3, 0.4) is 0 Å². The highest BCUT2D eigenvalue weighted by Gasteiger charge is 2.13. The van der Waals surface area contributed by atoms with E-state index in [0.29, 0.717) is 34.3 Å². The van der Waals surface area contributed by atoms with E-state index in [9.17, 15) is 0 Å². The number of aromatic nitrogens is 1. The summed E-state index contributed by atoms with van der Waals surface area (Å²) in [6.07, 6.45) is 0. The minimum Gasteiger partial charge on any atom is -0.494 e. The molecule has 23 heavy (non-hydrogen) atoms. The van der Waals surface area contributed by atoms with Crippen molar-refractivity contribution in [1.82, 2.24) is 4.98 Å². The first kappa shape index (κ1) is 15.2. The average Bonchev–Trinajstić information content (AvgIpc) is 2.97. The average molecular weight is 311 g/mol. The lowest BCUT2D eigenvalue weighted by Crippen LogP contribution is -2.09. The fourth-order valence-electron chi connectivity index (χ4n) is 2.38. The van der Waals surface area contributed by atoms with Crippen molar-refractivity contribution in [1.29, 1.82) is 0 Å². The Morgan fingerprint density at radius 1 is 1.26 bits per heavy atom. The summed E-state index contributed by atoms with van der Waals surface area (Å²) >= 11 is 0. The maximum atomic E-state index is 6.14. The van der Waals surface area contributed by atoms with Crippen molar-refractivity contribution in [2.45, 2.75) is 13.8 Å². The topological polar surface area (TPSA) is 73.3 Å². The lowest BCUT2D eigenvalue weighted by Gasteiger charge is -2.11. The van der Waals surface area contributed by atoms with Crippen molar-refractivity contribution in [3.63, 3.8) is 0 Å². The number of nitrogens with zero attached hydrogens (tertiary/aromatic N) is 1. The van der Waals surface area contributed by atoms with Crippen molar-refractivity contribution in [3.05, 3.63) is 36.4 Å². The van der Waals surface area contributed by atoms with Crippen molar-refractivity contribution in [2.24, 2.45) is 5.92 Å². The molecule has 1 heterocycles. The highest BCUT2D eigenvalue weighted by Crippen LogP contribution is 2.32. The third-order valence-corrected chi connectivity index (χ3v) is 3.60. The summed E-state index contributed by atoms with van der Waals surface area (Å²) < 4.78 is 11.1.